The molecule has 0 saturated carbocycles. The molecule has 2 aromatic carbocycles. The summed E-state index contributed by atoms with van der Waals surface area (Å²) in [7, 11) is 1.85. The van der Waals surface area contributed by atoms with Gasteiger partial charge in [-0.1, -0.05) is 48.5 Å². The predicted octanol–water partition coefficient (Wildman–Crippen LogP) is 6.01. The largest absolute Gasteiger partial charge is 0.446 e. The van der Waals surface area contributed by atoms with Crippen molar-refractivity contribution in [1.29, 1.82) is 0 Å². The molecule has 0 atom stereocenters. The average Bonchev–Trinajstić information content (AvgIpc) is 3.32. The van der Waals surface area contributed by atoms with Crippen molar-refractivity contribution in [1.82, 2.24) is 4.98 Å². The number of alkyl halides is 3. The quantitative estimate of drug-likeness (QED) is 0.425. The molecule has 28 heavy (non-hydrogen) atoms. The van der Waals surface area contributed by atoms with Crippen molar-refractivity contribution in [3.05, 3.63) is 60.7 Å². The van der Waals surface area contributed by atoms with Gasteiger partial charge in [0.2, 0.25) is 18.1 Å². The van der Waals surface area contributed by atoms with E-state index in [9.17, 15) is 13.2 Å². The number of carbonyl (C=O) groups is 1. The highest BCUT2D eigenvalue weighted by Gasteiger charge is 2.24. The summed E-state index contributed by atoms with van der Waals surface area (Å²) in [4.78, 5) is 14.4. The Balaban J connectivity index is 0.000000330. The molecular weight excluding hydrogens is 389 g/mol. The SMILES string of the molecule is CNc1oc(-c2cc3ccccc3s2)nc1-c1ccccc1.O=CC(F)(F)F. The molecule has 0 saturated heterocycles. The van der Waals surface area contributed by atoms with Gasteiger partial charge in [-0.2, -0.15) is 13.2 Å². The highest BCUT2D eigenvalue weighted by Crippen LogP contribution is 2.37. The van der Waals surface area contributed by atoms with Crippen LogP contribution in [0.1, 0.15) is 0 Å². The summed E-state index contributed by atoms with van der Waals surface area (Å²) in [5, 5.41) is 4.31. The minimum atomic E-state index is -4.64. The van der Waals surface area contributed by atoms with Crippen molar-refractivity contribution in [3.63, 3.8) is 0 Å². The summed E-state index contributed by atoms with van der Waals surface area (Å²) in [5.41, 5.74) is 1.89. The summed E-state index contributed by atoms with van der Waals surface area (Å²) in [5.74, 6) is 1.35. The first-order valence-corrected chi connectivity index (χ1v) is 8.99. The third kappa shape index (κ3) is 4.58. The maximum Gasteiger partial charge on any atom is 0.446 e. The second kappa shape index (κ2) is 8.26. The Morgan fingerprint density at radius 2 is 1.71 bits per heavy atom. The van der Waals surface area contributed by atoms with Crippen LogP contribution in [0, 0.1) is 0 Å². The molecule has 0 fully saturated rings. The molecule has 4 nitrogen and oxygen atoms in total. The number of thiophene rings is 1. The lowest BCUT2D eigenvalue weighted by molar-refractivity contribution is -0.156. The summed E-state index contributed by atoms with van der Waals surface area (Å²) in [6.07, 6.45) is -5.70. The molecule has 0 aliphatic rings. The second-order valence-corrected chi connectivity index (χ2v) is 6.70. The third-order valence-corrected chi connectivity index (χ3v) is 4.78. The number of hydrogen-bond acceptors (Lipinski definition) is 5. The summed E-state index contributed by atoms with van der Waals surface area (Å²) in [6.45, 7) is 0. The molecule has 2 heterocycles. The summed E-state index contributed by atoms with van der Waals surface area (Å²) >= 11 is 1.69. The molecule has 2 aromatic heterocycles. The van der Waals surface area contributed by atoms with Gasteiger partial charge in [-0.05, 0) is 17.5 Å². The number of aldehydes is 1. The molecule has 4 rings (SSSR count). The van der Waals surface area contributed by atoms with E-state index in [-0.39, 0.29) is 0 Å². The van der Waals surface area contributed by atoms with E-state index in [0.717, 1.165) is 16.1 Å². The van der Waals surface area contributed by atoms with E-state index in [1.807, 2.05) is 49.5 Å². The van der Waals surface area contributed by atoms with Crippen LogP contribution in [0.15, 0.2) is 65.1 Å². The molecule has 0 spiro atoms. The lowest BCUT2D eigenvalue weighted by atomic mass is 10.1. The first kappa shape index (κ1) is 19.6. The van der Waals surface area contributed by atoms with Crippen molar-refractivity contribution in [2.45, 2.75) is 6.18 Å². The van der Waals surface area contributed by atoms with Crippen molar-refractivity contribution >= 4 is 33.6 Å². The van der Waals surface area contributed by atoms with Gasteiger partial charge in [-0.25, -0.2) is 4.98 Å². The maximum absolute atomic E-state index is 10.4. The number of hydrogen-bond donors (Lipinski definition) is 1. The van der Waals surface area contributed by atoms with Gasteiger partial charge in [0.05, 0.1) is 4.88 Å². The Hall–Kier alpha value is -3.13. The summed E-state index contributed by atoms with van der Waals surface area (Å²) < 4.78 is 38.4. The molecule has 0 bridgehead atoms. The van der Waals surface area contributed by atoms with Gasteiger partial charge >= 0.3 is 6.18 Å². The van der Waals surface area contributed by atoms with Gasteiger partial charge in [0.15, 0.2) is 0 Å². The highest BCUT2D eigenvalue weighted by molar-refractivity contribution is 7.22. The molecule has 144 valence electrons. The first-order valence-electron chi connectivity index (χ1n) is 8.17. The van der Waals surface area contributed by atoms with Gasteiger partial charge < -0.3 is 9.73 Å². The van der Waals surface area contributed by atoms with E-state index in [1.165, 1.54) is 10.1 Å². The Labute approximate surface area is 162 Å². The van der Waals surface area contributed by atoms with Crippen LogP contribution >= 0.6 is 11.3 Å². The van der Waals surface area contributed by atoms with Crippen molar-refractivity contribution in [2.75, 3.05) is 12.4 Å². The van der Waals surface area contributed by atoms with Crippen LogP contribution in [0.4, 0.5) is 19.1 Å². The lowest BCUT2D eigenvalue weighted by Gasteiger charge is -1.98. The average molecular weight is 404 g/mol. The number of carbonyl (C=O) groups excluding carboxylic acids is 1. The zero-order valence-corrected chi connectivity index (χ0v) is 15.5. The fraction of sp³-hybridized carbons (Fsp3) is 0.100. The monoisotopic (exact) mass is 404 g/mol. The van der Waals surface area contributed by atoms with Crippen LogP contribution in [0.5, 0.6) is 0 Å². The molecule has 0 amide bonds. The molecule has 0 aliphatic carbocycles. The number of benzene rings is 2. The number of anilines is 1. The normalized spacial score (nSPS) is 11.0. The summed E-state index contributed by atoms with van der Waals surface area (Å²) in [6, 6.07) is 20.5. The Bertz CT molecular complexity index is 1040. The van der Waals surface area contributed by atoms with Crippen LogP contribution in [0.25, 0.3) is 32.1 Å². The molecule has 0 unspecified atom stereocenters. The van der Waals surface area contributed by atoms with Crippen molar-refractivity contribution < 1.29 is 22.4 Å². The number of fused-ring (bicyclic) bond motifs is 1. The fourth-order valence-electron chi connectivity index (χ4n) is 2.47. The zero-order valence-electron chi connectivity index (χ0n) is 14.7. The van der Waals surface area contributed by atoms with Crippen LogP contribution in [-0.2, 0) is 4.79 Å². The fourth-order valence-corrected chi connectivity index (χ4v) is 3.46. The minimum absolute atomic E-state index is 0.657. The molecule has 1 N–H and O–H groups in total. The molecule has 4 aromatic rings. The topological polar surface area (TPSA) is 55.1 Å². The van der Waals surface area contributed by atoms with E-state index in [2.05, 4.69) is 23.5 Å². The van der Waals surface area contributed by atoms with Crippen LogP contribution in [0.3, 0.4) is 0 Å². The lowest BCUT2D eigenvalue weighted by Crippen LogP contribution is -2.07. The first-order chi connectivity index (χ1) is 13.4. The molecular formula is C20H15F3N2O2S. The van der Waals surface area contributed by atoms with Gasteiger partial charge in [-0.3, -0.25) is 4.79 Å². The van der Waals surface area contributed by atoms with Crippen molar-refractivity contribution in [3.8, 4) is 22.0 Å². The smallest absolute Gasteiger partial charge is 0.419 e. The maximum atomic E-state index is 10.4. The standard InChI is InChI=1S/C18H14N2OS.C2HF3O/c1-19-18-16(12-7-3-2-4-8-12)20-17(21-18)15-11-13-9-5-6-10-14(13)22-15;3-2(4,5)1-6/h2-11,19H,1H3;1H. The van der Waals surface area contributed by atoms with Gasteiger partial charge in [0.1, 0.15) is 5.69 Å². The third-order valence-electron chi connectivity index (χ3n) is 3.67. The van der Waals surface area contributed by atoms with E-state index >= 15 is 0 Å². The number of nitrogens with zero attached hydrogens (tertiary/aromatic N) is 1. The zero-order chi connectivity index (χ0) is 20.1. The minimum Gasteiger partial charge on any atom is -0.419 e. The Kier molecular flexibility index (Phi) is 5.79. The van der Waals surface area contributed by atoms with Gasteiger partial charge in [-0.15, -0.1) is 11.3 Å². The van der Waals surface area contributed by atoms with E-state index in [0.29, 0.717) is 11.8 Å². The molecule has 0 radical (unpaired) electrons. The van der Waals surface area contributed by atoms with E-state index in [1.54, 1.807) is 11.3 Å². The van der Waals surface area contributed by atoms with E-state index in [4.69, 9.17) is 14.2 Å². The van der Waals surface area contributed by atoms with Gasteiger partial charge in [0.25, 0.3) is 0 Å². The van der Waals surface area contributed by atoms with Crippen LogP contribution in [-0.4, -0.2) is 24.5 Å². The predicted molar refractivity (Wildman–Crippen MR) is 104 cm³/mol. The van der Waals surface area contributed by atoms with E-state index < -0.39 is 12.5 Å². The number of halogens is 3. The number of oxazole rings is 1. The molecule has 8 heteroatoms. The van der Waals surface area contributed by atoms with Crippen molar-refractivity contribution in [2.24, 2.45) is 0 Å². The Morgan fingerprint density at radius 1 is 1.07 bits per heavy atom. The van der Waals surface area contributed by atoms with Gasteiger partial charge in [0, 0.05) is 17.3 Å². The highest BCUT2D eigenvalue weighted by atomic mass is 32.1. The van der Waals surface area contributed by atoms with Crippen LogP contribution < -0.4 is 5.32 Å². The second-order valence-electron chi connectivity index (χ2n) is 5.62. The number of nitrogens with one attached hydrogen (secondary N) is 1. The Morgan fingerprint density at radius 3 is 2.32 bits per heavy atom. The molecule has 0 aliphatic heterocycles. The number of aromatic nitrogens is 1. The number of rotatable bonds is 3. The van der Waals surface area contributed by atoms with Crippen LogP contribution in [0.2, 0.25) is 0 Å².